The number of halogens is 1. The van der Waals surface area contributed by atoms with Gasteiger partial charge in [0.1, 0.15) is 0 Å². The van der Waals surface area contributed by atoms with E-state index in [9.17, 15) is 4.79 Å². The first-order chi connectivity index (χ1) is 8.93. The van der Waals surface area contributed by atoms with Gasteiger partial charge in [-0.2, -0.15) is 5.10 Å². The number of hydrogen-bond acceptors (Lipinski definition) is 3. The zero-order valence-corrected chi connectivity index (χ0v) is 12.3. The second-order valence-corrected chi connectivity index (χ2v) is 5.66. The summed E-state index contributed by atoms with van der Waals surface area (Å²) in [5, 5.41) is 14.2. The SMILES string of the molecule is CCn1nc(C)c(Cl)c1CN1C[C@@H](C)[C@H](C(=O)O)C1. The molecule has 2 rings (SSSR count). The van der Waals surface area contributed by atoms with E-state index in [0.717, 1.165) is 24.5 Å². The molecule has 0 saturated carbocycles. The van der Waals surface area contributed by atoms with E-state index >= 15 is 0 Å². The van der Waals surface area contributed by atoms with Crippen LogP contribution in [0.2, 0.25) is 5.02 Å². The average Bonchev–Trinajstić information content (AvgIpc) is 2.84. The fourth-order valence-electron chi connectivity index (χ4n) is 2.75. The second-order valence-electron chi connectivity index (χ2n) is 5.28. The molecular weight excluding hydrogens is 266 g/mol. The van der Waals surface area contributed by atoms with Crippen LogP contribution in [0.25, 0.3) is 0 Å². The van der Waals surface area contributed by atoms with Gasteiger partial charge in [-0.1, -0.05) is 18.5 Å². The van der Waals surface area contributed by atoms with Gasteiger partial charge in [-0.25, -0.2) is 0 Å². The minimum absolute atomic E-state index is 0.176. The fourth-order valence-corrected chi connectivity index (χ4v) is 2.94. The largest absolute Gasteiger partial charge is 0.481 e. The van der Waals surface area contributed by atoms with E-state index in [1.54, 1.807) is 0 Å². The van der Waals surface area contributed by atoms with Crippen LogP contribution in [0, 0.1) is 18.8 Å². The fraction of sp³-hybridized carbons (Fsp3) is 0.692. The van der Waals surface area contributed by atoms with Crippen LogP contribution in [0.5, 0.6) is 0 Å². The Morgan fingerprint density at radius 1 is 1.53 bits per heavy atom. The Kier molecular flexibility index (Phi) is 4.16. The number of aliphatic carboxylic acids is 1. The number of carboxylic acid groups (broad SMARTS) is 1. The highest BCUT2D eigenvalue weighted by Gasteiger charge is 2.35. The van der Waals surface area contributed by atoms with Crippen molar-refractivity contribution in [2.24, 2.45) is 11.8 Å². The molecule has 5 nitrogen and oxygen atoms in total. The van der Waals surface area contributed by atoms with Gasteiger partial charge in [-0.3, -0.25) is 14.4 Å². The molecule has 0 bridgehead atoms. The van der Waals surface area contributed by atoms with Crippen LogP contribution in [0.1, 0.15) is 25.2 Å². The van der Waals surface area contributed by atoms with Crippen LogP contribution in [-0.2, 0) is 17.9 Å². The third-order valence-electron chi connectivity index (χ3n) is 3.83. The first-order valence-electron chi connectivity index (χ1n) is 6.61. The van der Waals surface area contributed by atoms with Crippen LogP contribution >= 0.6 is 11.6 Å². The van der Waals surface area contributed by atoms with Crippen molar-refractivity contribution in [3.8, 4) is 0 Å². The molecule has 106 valence electrons. The van der Waals surface area contributed by atoms with E-state index in [-0.39, 0.29) is 11.8 Å². The van der Waals surface area contributed by atoms with E-state index in [4.69, 9.17) is 16.7 Å². The Morgan fingerprint density at radius 3 is 2.74 bits per heavy atom. The molecule has 2 atom stereocenters. The van der Waals surface area contributed by atoms with Gasteiger partial charge < -0.3 is 5.11 Å². The van der Waals surface area contributed by atoms with Crippen LogP contribution in [-0.4, -0.2) is 38.8 Å². The maximum atomic E-state index is 11.1. The molecule has 1 aromatic rings. The second kappa shape index (κ2) is 5.51. The summed E-state index contributed by atoms with van der Waals surface area (Å²) in [5.41, 5.74) is 1.82. The quantitative estimate of drug-likeness (QED) is 0.919. The standard InChI is InChI=1S/C13H20ClN3O2/c1-4-17-11(12(14)9(3)15-17)7-16-5-8(2)10(6-16)13(18)19/h8,10H,4-7H2,1-3H3,(H,18,19)/t8-,10-/m1/s1. The van der Waals surface area contributed by atoms with Crippen molar-refractivity contribution in [3.63, 3.8) is 0 Å². The minimum atomic E-state index is -0.707. The third kappa shape index (κ3) is 2.77. The molecule has 19 heavy (non-hydrogen) atoms. The summed E-state index contributed by atoms with van der Waals surface area (Å²) in [5.74, 6) is -0.811. The van der Waals surface area contributed by atoms with Crippen molar-refractivity contribution in [2.45, 2.75) is 33.9 Å². The van der Waals surface area contributed by atoms with Crippen molar-refractivity contribution in [2.75, 3.05) is 13.1 Å². The maximum absolute atomic E-state index is 11.1. The van der Waals surface area contributed by atoms with Gasteiger partial charge in [0.2, 0.25) is 0 Å². The van der Waals surface area contributed by atoms with Gasteiger partial charge in [0, 0.05) is 26.2 Å². The lowest BCUT2D eigenvalue weighted by atomic mass is 9.99. The highest BCUT2D eigenvalue weighted by molar-refractivity contribution is 6.31. The maximum Gasteiger partial charge on any atom is 0.308 e. The van der Waals surface area contributed by atoms with Gasteiger partial charge >= 0.3 is 5.97 Å². The molecule has 0 aromatic carbocycles. The van der Waals surface area contributed by atoms with Crippen molar-refractivity contribution in [1.29, 1.82) is 0 Å². The number of hydrogen-bond donors (Lipinski definition) is 1. The minimum Gasteiger partial charge on any atom is -0.481 e. The molecule has 0 unspecified atom stereocenters. The van der Waals surface area contributed by atoms with Crippen molar-refractivity contribution in [3.05, 3.63) is 16.4 Å². The number of aryl methyl sites for hydroxylation is 2. The molecule has 0 radical (unpaired) electrons. The predicted molar refractivity (Wildman–Crippen MR) is 73.2 cm³/mol. The lowest BCUT2D eigenvalue weighted by molar-refractivity contribution is -0.142. The van der Waals surface area contributed by atoms with Crippen LogP contribution in [0.4, 0.5) is 0 Å². The number of carbonyl (C=O) groups is 1. The smallest absolute Gasteiger partial charge is 0.308 e. The molecule has 1 aliphatic heterocycles. The molecule has 1 aromatic heterocycles. The number of rotatable bonds is 4. The Balaban J connectivity index is 2.13. The number of carboxylic acids is 1. The van der Waals surface area contributed by atoms with E-state index < -0.39 is 5.97 Å². The first kappa shape index (κ1) is 14.3. The first-order valence-corrected chi connectivity index (χ1v) is 6.98. The summed E-state index contributed by atoms with van der Waals surface area (Å²) in [6, 6.07) is 0. The van der Waals surface area contributed by atoms with E-state index in [0.29, 0.717) is 18.1 Å². The number of likely N-dealkylation sites (tertiary alicyclic amines) is 1. The van der Waals surface area contributed by atoms with Crippen LogP contribution in [0.3, 0.4) is 0 Å². The monoisotopic (exact) mass is 285 g/mol. The van der Waals surface area contributed by atoms with Gasteiger partial charge in [0.15, 0.2) is 0 Å². The van der Waals surface area contributed by atoms with Crippen molar-refractivity contribution < 1.29 is 9.90 Å². The van der Waals surface area contributed by atoms with Gasteiger partial charge in [0.25, 0.3) is 0 Å². The summed E-state index contributed by atoms with van der Waals surface area (Å²) < 4.78 is 1.90. The van der Waals surface area contributed by atoms with Gasteiger partial charge in [-0.05, 0) is 19.8 Å². The summed E-state index contributed by atoms with van der Waals surface area (Å²) >= 11 is 6.28. The van der Waals surface area contributed by atoms with E-state index in [1.807, 2.05) is 25.5 Å². The third-order valence-corrected chi connectivity index (χ3v) is 4.32. The molecule has 0 aliphatic carbocycles. The Morgan fingerprint density at radius 2 is 2.21 bits per heavy atom. The molecular formula is C13H20ClN3O2. The molecule has 1 saturated heterocycles. The molecule has 1 aliphatic rings. The van der Waals surface area contributed by atoms with E-state index in [2.05, 4.69) is 10.00 Å². The highest BCUT2D eigenvalue weighted by atomic mass is 35.5. The summed E-state index contributed by atoms with van der Waals surface area (Å²) in [6.45, 7) is 8.73. The molecule has 1 fully saturated rings. The zero-order chi connectivity index (χ0) is 14.2. The molecule has 2 heterocycles. The number of nitrogens with zero attached hydrogens (tertiary/aromatic N) is 3. The Labute approximate surface area is 118 Å². The molecule has 0 amide bonds. The Bertz CT molecular complexity index is 486. The predicted octanol–water partition coefficient (Wildman–Crippen LogP) is 2.02. The number of aromatic nitrogens is 2. The van der Waals surface area contributed by atoms with Crippen LogP contribution < -0.4 is 0 Å². The normalized spacial score (nSPS) is 24.0. The molecule has 0 spiro atoms. The summed E-state index contributed by atoms with van der Waals surface area (Å²) in [6.07, 6.45) is 0. The Hall–Kier alpha value is -1.07. The van der Waals surface area contributed by atoms with Crippen LogP contribution in [0.15, 0.2) is 0 Å². The highest BCUT2D eigenvalue weighted by Crippen LogP contribution is 2.27. The summed E-state index contributed by atoms with van der Waals surface area (Å²) in [7, 11) is 0. The zero-order valence-electron chi connectivity index (χ0n) is 11.6. The topological polar surface area (TPSA) is 58.4 Å². The van der Waals surface area contributed by atoms with Gasteiger partial charge in [-0.15, -0.1) is 0 Å². The van der Waals surface area contributed by atoms with Crippen molar-refractivity contribution >= 4 is 17.6 Å². The van der Waals surface area contributed by atoms with Crippen molar-refractivity contribution in [1.82, 2.24) is 14.7 Å². The lowest BCUT2D eigenvalue weighted by Gasteiger charge is -2.16. The lowest BCUT2D eigenvalue weighted by Crippen LogP contribution is -2.24. The average molecular weight is 286 g/mol. The van der Waals surface area contributed by atoms with Gasteiger partial charge in [0.05, 0.1) is 22.3 Å². The van der Waals surface area contributed by atoms with E-state index in [1.165, 1.54) is 0 Å². The molecule has 6 heteroatoms. The molecule has 1 N–H and O–H groups in total. The summed E-state index contributed by atoms with van der Waals surface area (Å²) in [4.78, 5) is 13.3.